The van der Waals surface area contributed by atoms with Crippen LogP contribution in [0.3, 0.4) is 0 Å². The molecule has 2 aromatic heterocycles. The molecule has 0 aliphatic heterocycles. The number of carbonyl (C=O) groups excluding carboxylic acids is 1. The molecule has 0 aliphatic carbocycles. The van der Waals surface area contributed by atoms with Crippen molar-refractivity contribution in [2.45, 2.75) is 13.5 Å². The number of nitrogens with zero attached hydrogens (tertiary/aromatic N) is 2. The van der Waals surface area contributed by atoms with Gasteiger partial charge in [0.15, 0.2) is 5.76 Å². The average molecular weight is 305 g/mol. The Bertz CT molecular complexity index is 898. The Labute approximate surface area is 133 Å². The van der Waals surface area contributed by atoms with Gasteiger partial charge in [0.25, 0.3) is 5.91 Å². The lowest BCUT2D eigenvalue weighted by Crippen LogP contribution is -2.12. The summed E-state index contributed by atoms with van der Waals surface area (Å²) in [6.45, 7) is 2.13. The smallest absolute Gasteiger partial charge is 0.250 e. The molecule has 0 fully saturated rings. The molecule has 0 radical (unpaired) electrons. The molecule has 1 aromatic carbocycles. The van der Waals surface area contributed by atoms with Gasteiger partial charge in [-0.05, 0) is 13.0 Å². The molecule has 0 bridgehead atoms. The summed E-state index contributed by atoms with van der Waals surface area (Å²) in [6, 6.07) is 13.2. The quantitative estimate of drug-likeness (QED) is 0.753. The molecule has 0 unspecified atom stereocenters. The maximum absolute atomic E-state index is 11.6. The zero-order chi connectivity index (χ0) is 16.4. The summed E-state index contributed by atoms with van der Waals surface area (Å²) < 4.78 is 7.24. The number of aromatic nitrogens is 2. The molecule has 0 atom stereocenters. The monoisotopic (exact) mass is 305 g/mol. The molecule has 5 nitrogen and oxygen atoms in total. The second-order valence-electron chi connectivity index (χ2n) is 5.13. The summed E-state index contributed by atoms with van der Waals surface area (Å²) >= 11 is 0. The Morgan fingerprint density at radius 1 is 1.35 bits per heavy atom. The summed E-state index contributed by atoms with van der Waals surface area (Å²) in [7, 11) is 0. The molecule has 0 saturated carbocycles. The van der Waals surface area contributed by atoms with Gasteiger partial charge in [-0.3, -0.25) is 4.79 Å². The topological polar surface area (TPSA) is 74.1 Å². The zero-order valence-corrected chi connectivity index (χ0v) is 12.6. The lowest BCUT2D eigenvalue weighted by molar-refractivity contribution is 0.0999. The van der Waals surface area contributed by atoms with Gasteiger partial charge in [-0.1, -0.05) is 41.4 Å². The predicted molar refractivity (Wildman–Crippen MR) is 87.5 cm³/mol. The van der Waals surface area contributed by atoms with Gasteiger partial charge < -0.3 is 14.8 Å². The third-order valence-corrected chi connectivity index (χ3v) is 3.71. The number of amides is 1. The highest BCUT2D eigenvalue weighted by atomic mass is 16.5. The Hall–Kier alpha value is -3.26. The normalized spacial score (nSPS) is 10.4. The third-order valence-electron chi connectivity index (χ3n) is 3.71. The van der Waals surface area contributed by atoms with E-state index in [1.807, 2.05) is 41.0 Å². The first kappa shape index (κ1) is 14.7. The molecule has 5 heteroatoms. The Morgan fingerprint density at radius 3 is 2.74 bits per heavy atom. The molecule has 3 rings (SSSR count). The molecule has 2 N–H and O–H groups in total. The van der Waals surface area contributed by atoms with Crippen LogP contribution in [0.25, 0.3) is 22.7 Å². The van der Waals surface area contributed by atoms with Crippen molar-refractivity contribution in [3.05, 3.63) is 53.7 Å². The number of hydrogen-bond acceptors (Lipinski definition) is 3. The van der Waals surface area contributed by atoms with Crippen molar-refractivity contribution < 1.29 is 9.32 Å². The van der Waals surface area contributed by atoms with E-state index in [2.05, 4.69) is 11.1 Å². The molecule has 3 aromatic rings. The van der Waals surface area contributed by atoms with Crippen LogP contribution in [0.15, 0.2) is 47.0 Å². The minimum atomic E-state index is -0.494. The molecule has 0 spiro atoms. The second-order valence-corrected chi connectivity index (χ2v) is 5.13. The van der Waals surface area contributed by atoms with Crippen molar-refractivity contribution in [1.29, 1.82) is 0 Å². The van der Waals surface area contributed by atoms with E-state index in [0.29, 0.717) is 29.3 Å². The molecular weight excluding hydrogens is 290 g/mol. The van der Waals surface area contributed by atoms with Crippen LogP contribution in [0.1, 0.15) is 16.1 Å². The van der Waals surface area contributed by atoms with Crippen LogP contribution in [-0.4, -0.2) is 15.6 Å². The standard InChI is InChI=1S/C18H15N3O2/c1-3-9-21-12(2)14(18(19)22)10-16(21)15-11-17(23-20-15)13-7-5-4-6-8-13/h1,4-8,10-11H,9H2,2H3,(H2,19,22). The van der Waals surface area contributed by atoms with Gasteiger partial charge in [-0.25, -0.2) is 0 Å². The molecule has 114 valence electrons. The van der Waals surface area contributed by atoms with Crippen molar-refractivity contribution in [2.24, 2.45) is 5.73 Å². The van der Waals surface area contributed by atoms with Gasteiger partial charge in [-0.15, -0.1) is 6.42 Å². The van der Waals surface area contributed by atoms with E-state index in [9.17, 15) is 4.79 Å². The van der Waals surface area contributed by atoms with Crippen molar-refractivity contribution in [2.75, 3.05) is 0 Å². The van der Waals surface area contributed by atoms with E-state index < -0.39 is 5.91 Å². The fourth-order valence-electron chi connectivity index (χ4n) is 2.54. The molecule has 23 heavy (non-hydrogen) atoms. The first-order chi connectivity index (χ1) is 11.1. The van der Waals surface area contributed by atoms with Crippen LogP contribution < -0.4 is 5.73 Å². The molecule has 0 saturated heterocycles. The number of benzene rings is 1. The SMILES string of the molecule is C#CCn1c(-c2cc(-c3ccccc3)on2)cc(C(N)=O)c1C. The first-order valence-corrected chi connectivity index (χ1v) is 7.07. The lowest BCUT2D eigenvalue weighted by atomic mass is 10.1. The predicted octanol–water partition coefficient (Wildman–Crippen LogP) is 2.85. The second kappa shape index (κ2) is 5.85. The molecule has 2 heterocycles. The van der Waals surface area contributed by atoms with Gasteiger partial charge in [0.1, 0.15) is 5.69 Å². The maximum Gasteiger partial charge on any atom is 0.250 e. The van der Waals surface area contributed by atoms with Gasteiger partial charge in [0.2, 0.25) is 0 Å². The summed E-state index contributed by atoms with van der Waals surface area (Å²) in [4.78, 5) is 11.6. The van der Waals surface area contributed by atoms with Gasteiger partial charge in [-0.2, -0.15) is 0 Å². The maximum atomic E-state index is 11.6. The summed E-state index contributed by atoms with van der Waals surface area (Å²) in [5.74, 6) is 2.73. The van der Waals surface area contributed by atoms with E-state index in [1.54, 1.807) is 13.0 Å². The number of carbonyl (C=O) groups is 1. The van der Waals surface area contributed by atoms with Crippen molar-refractivity contribution >= 4 is 5.91 Å². The van der Waals surface area contributed by atoms with Crippen LogP contribution in [-0.2, 0) is 6.54 Å². The lowest BCUT2D eigenvalue weighted by Gasteiger charge is -2.05. The number of nitrogens with two attached hydrogens (primary N) is 1. The first-order valence-electron chi connectivity index (χ1n) is 7.07. The number of rotatable bonds is 4. The van der Waals surface area contributed by atoms with Crippen LogP contribution in [0.5, 0.6) is 0 Å². The highest BCUT2D eigenvalue weighted by Gasteiger charge is 2.19. The van der Waals surface area contributed by atoms with Crippen LogP contribution >= 0.6 is 0 Å². The average Bonchev–Trinajstić information content (AvgIpc) is 3.15. The van der Waals surface area contributed by atoms with Gasteiger partial charge in [0.05, 0.1) is 17.8 Å². The minimum Gasteiger partial charge on any atom is -0.366 e. The van der Waals surface area contributed by atoms with E-state index >= 15 is 0 Å². The van der Waals surface area contributed by atoms with E-state index in [1.165, 1.54) is 0 Å². The summed E-state index contributed by atoms with van der Waals surface area (Å²) in [5.41, 5.74) is 8.81. The van der Waals surface area contributed by atoms with E-state index in [0.717, 1.165) is 11.3 Å². The molecular formula is C18H15N3O2. The fraction of sp³-hybridized carbons (Fsp3) is 0.111. The fourth-order valence-corrected chi connectivity index (χ4v) is 2.54. The Kier molecular flexibility index (Phi) is 3.73. The number of hydrogen-bond donors (Lipinski definition) is 1. The van der Waals surface area contributed by atoms with Gasteiger partial charge >= 0.3 is 0 Å². The molecule has 0 aliphatic rings. The number of primary amides is 1. The molecule has 1 amide bonds. The number of terminal acetylenes is 1. The van der Waals surface area contributed by atoms with Crippen molar-refractivity contribution in [1.82, 2.24) is 9.72 Å². The summed E-state index contributed by atoms with van der Waals surface area (Å²) in [6.07, 6.45) is 5.43. The highest BCUT2D eigenvalue weighted by molar-refractivity contribution is 5.95. The van der Waals surface area contributed by atoms with Crippen molar-refractivity contribution in [3.8, 4) is 35.1 Å². The largest absolute Gasteiger partial charge is 0.366 e. The van der Waals surface area contributed by atoms with Crippen LogP contribution in [0.4, 0.5) is 0 Å². The zero-order valence-electron chi connectivity index (χ0n) is 12.6. The van der Waals surface area contributed by atoms with E-state index in [-0.39, 0.29) is 0 Å². The summed E-state index contributed by atoms with van der Waals surface area (Å²) in [5, 5.41) is 4.10. The van der Waals surface area contributed by atoms with E-state index in [4.69, 9.17) is 16.7 Å². The van der Waals surface area contributed by atoms with Crippen LogP contribution in [0.2, 0.25) is 0 Å². The van der Waals surface area contributed by atoms with Crippen molar-refractivity contribution in [3.63, 3.8) is 0 Å². The third kappa shape index (κ3) is 2.62. The Balaban J connectivity index is 2.09. The van der Waals surface area contributed by atoms with Gasteiger partial charge in [0, 0.05) is 17.3 Å². The Morgan fingerprint density at radius 2 is 2.09 bits per heavy atom. The highest BCUT2D eigenvalue weighted by Crippen LogP contribution is 2.29. The minimum absolute atomic E-state index is 0.321. The van der Waals surface area contributed by atoms with Crippen LogP contribution in [0, 0.1) is 19.3 Å².